The molecule has 0 aliphatic carbocycles. The van der Waals surface area contributed by atoms with E-state index in [2.05, 4.69) is 62.9 Å². The Bertz CT molecular complexity index is 1100. The van der Waals surface area contributed by atoms with E-state index in [1.54, 1.807) is 0 Å². The fourth-order valence-electron chi connectivity index (χ4n) is 3.49. The van der Waals surface area contributed by atoms with Crippen LogP contribution in [0.25, 0.3) is 16.4 Å². The Morgan fingerprint density at radius 2 is 1.68 bits per heavy atom. The first-order valence-corrected chi connectivity index (χ1v) is 9.29. The molecule has 0 saturated heterocycles. The summed E-state index contributed by atoms with van der Waals surface area (Å²) in [6.45, 7) is 3.59. The molecule has 0 N–H and O–H groups in total. The number of imidazole rings is 1. The van der Waals surface area contributed by atoms with Gasteiger partial charge < -0.3 is 33.2 Å². The summed E-state index contributed by atoms with van der Waals surface area (Å²) < 4.78 is 9.22. The SMILES string of the molecule is Cc1nc2c3cccc(OCc4ccccc4)c3ccn2c1C[N+](C)(C)C.[I-]. The lowest BCUT2D eigenvalue weighted by molar-refractivity contribution is -0.884. The molecular weight excluding hydrogens is 461 g/mol. The van der Waals surface area contributed by atoms with Crippen molar-refractivity contribution < 1.29 is 33.2 Å². The lowest BCUT2D eigenvalue weighted by Gasteiger charge is -2.23. The van der Waals surface area contributed by atoms with Gasteiger partial charge in [0.2, 0.25) is 0 Å². The Morgan fingerprint density at radius 1 is 0.929 bits per heavy atom. The molecule has 0 amide bonds. The topological polar surface area (TPSA) is 26.5 Å². The van der Waals surface area contributed by atoms with Crippen LogP contribution in [0.5, 0.6) is 5.75 Å². The van der Waals surface area contributed by atoms with Gasteiger partial charge >= 0.3 is 0 Å². The van der Waals surface area contributed by atoms with Crippen LogP contribution in [0.1, 0.15) is 17.0 Å². The van der Waals surface area contributed by atoms with Gasteiger partial charge in [0.25, 0.3) is 0 Å². The van der Waals surface area contributed by atoms with E-state index < -0.39 is 0 Å². The fourth-order valence-corrected chi connectivity index (χ4v) is 3.49. The second kappa shape index (κ2) is 8.09. The number of fused-ring (bicyclic) bond motifs is 3. The summed E-state index contributed by atoms with van der Waals surface area (Å²) in [5, 5.41) is 2.22. The molecule has 0 aliphatic heterocycles. The minimum atomic E-state index is 0. The van der Waals surface area contributed by atoms with Gasteiger partial charge in [0.15, 0.2) is 0 Å². The molecular formula is C23H26IN3O. The lowest BCUT2D eigenvalue weighted by Crippen LogP contribution is -3.00. The molecule has 0 saturated carbocycles. The van der Waals surface area contributed by atoms with Crippen molar-refractivity contribution in [3.63, 3.8) is 0 Å². The molecule has 28 heavy (non-hydrogen) atoms. The molecule has 0 unspecified atom stereocenters. The molecule has 2 aromatic heterocycles. The summed E-state index contributed by atoms with van der Waals surface area (Å²) in [6, 6.07) is 18.6. The Morgan fingerprint density at radius 3 is 2.39 bits per heavy atom. The standard InChI is InChI=1S/C23H26N3O.HI/c1-17-21(15-26(2,3)4)25-14-13-19-20(23(25)24-17)11-8-12-22(19)27-16-18-9-6-5-7-10-18;/h5-14H,15-16H2,1-4H3;1H/q+1;/p-1. The van der Waals surface area contributed by atoms with E-state index in [-0.39, 0.29) is 24.0 Å². The molecule has 5 heteroatoms. The van der Waals surface area contributed by atoms with Crippen LogP contribution in [0.3, 0.4) is 0 Å². The first-order chi connectivity index (χ1) is 12.9. The fraction of sp³-hybridized carbons (Fsp3) is 0.261. The first-order valence-electron chi connectivity index (χ1n) is 9.29. The Hall–Kier alpha value is -2.12. The molecule has 0 atom stereocenters. The van der Waals surface area contributed by atoms with Gasteiger partial charge in [-0.1, -0.05) is 42.5 Å². The third-order valence-electron chi connectivity index (χ3n) is 4.77. The highest BCUT2D eigenvalue weighted by molar-refractivity contribution is 5.98. The van der Waals surface area contributed by atoms with Gasteiger partial charge in [-0.25, -0.2) is 4.98 Å². The molecule has 4 rings (SSSR count). The lowest BCUT2D eigenvalue weighted by atomic mass is 10.1. The van der Waals surface area contributed by atoms with E-state index in [4.69, 9.17) is 9.72 Å². The monoisotopic (exact) mass is 487 g/mol. The molecule has 0 radical (unpaired) electrons. The highest BCUT2D eigenvalue weighted by Crippen LogP contribution is 2.30. The summed E-state index contributed by atoms with van der Waals surface area (Å²) in [5.41, 5.74) is 4.51. The number of pyridine rings is 1. The van der Waals surface area contributed by atoms with Crippen molar-refractivity contribution in [2.24, 2.45) is 0 Å². The summed E-state index contributed by atoms with van der Waals surface area (Å²) in [5.74, 6) is 0.896. The van der Waals surface area contributed by atoms with Crippen LogP contribution in [-0.4, -0.2) is 35.0 Å². The summed E-state index contributed by atoms with van der Waals surface area (Å²) >= 11 is 0. The van der Waals surface area contributed by atoms with Gasteiger partial charge in [-0.3, -0.25) is 4.40 Å². The first kappa shape index (κ1) is 20.6. The Balaban J connectivity index is 0.00000225. The van der Waals surface area contributed by atoms with Crippen molar-refractivity contribution in [3.05, 3.63) is 77.7 Å². The molecule has 4 aromatic rings. The maximum Gasteiger partial charge on any atom is 0.145 e. The zero-order chi connectivity index (χ0) is 19.0. The van der Waals surface area contributed by atoms with Crippen LogP contribution in [0.15, 0.2) is 60.8 Å². The number of benzene rings is 2. The van der Waals surface area contributed by atoms with Crippen molar-refractivity contribution >= 4 is 16.4 Å². The average molecular weight is 487 g/mol. The smallest absolute Gasteiger partial charge is 0.145 e. The van der Waals surface area contributed by atoms with Crippen molar-refractivity contribution in [2.45, 2.75) is 20.1 Å². The largest absolute Gasteiger partial charge is 1.00 e. The minimum Gasteiger partial charge on any atom is -1.00 e. The second-order valence-electron chi connectivity index (χ2n) is 8.09. The Labute approximate surface area is 183 Å². The highest BCUT2D eigenvalue weighted by atomic mass is 127. The normalized spacial score (nSPS) is 11.6. The van der Waals surface area contributed by atoms with Crippen LogP contribution < -0.4 is 28.7 Å². The third kappa shape index (κ3) is 4.15. The van der Waals surface area contributed by atoms with Gasteiger partial charge in [0.05, 0.1) is 26.8 Å². The molecule has 0 bridgehead atoms. The van der Waals surface area contributed by atoms with Crippen LogP contribution in [0.2, 0.25) is 0 Å². The number of nitrogens with zero attached hydrogens (tertiary/aromatic N) is 3. The van der Waals surface area contributed by atoms with E-state index in [9.17, 15) is 0 Å². The number of quaternary nitrogens is 1. The predicted molar refractivity (Wildman–Crippen MR) is 110 cm³/mol. The van der Waals surface area contributed by atoms with Crippen LogP contribution in [0, 0.1) is 6.92 Å². The maximum atomic E-state index is 6.13. The van der Waals surface area contributed by atoms with Gasteiger partial charge in [-0.15, -0.1) is 0 Å². The molecule has 4 nitrogen and oxygen atoms in total. The van der Waals surface area contributed by atoms with Crippen molar-refractivity contribution in [1.82, 2.24) is 9.38 Å². The van der Waals surface area contributed by atoms with Gasteiger partial charge in [-0.2, -0.15) is 0 Å². The van der Waals surface area contributed by atoms with Gasteiger partial charge in [0, 0.05) is 17.0 Å². The van der Waals surface area contributed by atoms with Crippen LogP contribution in [-0.2, 0) is 13.2 Å². The number of hydrogen-bond acceptors (Lipinski definition) is 2. The molecule has 2 heterocycles. The summed E-state index contributed by atoms with van der Waals surface area (Å²) in [7, 11) is 6.61. The average Bonchev–Trinajstić information content (AvgIpc) is 2.95. The number of aryl methyl sites for hydroxylation is 1. The summed E-state index contributed by atoms with van der Waals surface area (Å²) in [6.07, 6.45) is 2.12. The van der Waals surface area contributed by atoms with Crippen molar-refractivity contribution in [1.29, 1.82) is 0 Å². The second-order valence-corrected chi connectivity index (χ2v) is 8.09. The third-order valence-corrected chi connectivity index (χ3v) is 4.77. The molecule has 146 valence electrons. The van der Waals surface area contributed by atoms with Crippen molar-refractivity contribution in [2.75, 3.05) is 21.1 Å². The summed E-state index contributed by atoms with van der Waals surface area (Å²) in [4.78, 5) is 4.88. The predicted octanol–water partition coefficient (Wildman–Crippen LogP) is 1.59. The zero-order valence-corrected chi connectivity index (χ0v) is 19.0. The quantitative estimate of drug-likeness (QED) is 0.316. The molecule has 0 spiro atoms. The molecule has 0 fully saturated rings. The van der Waals surface area contributed by atoms with E-state index in [0.29, 0.717) is 6.61 Å². The van der Waals surface area contributed by atoms with Gasteiger partial charge in [0.1, 0.15) is 30.2 Å². The number of hydrogen-bond donors (Lipinski definition) is 0. The number of ether oxygens (including phenoxy) is 1. The van der Waals surface area contributed by atoms with E-state index >= 15 is 0 Å². The highest BCUT2D eigenvalue weighted by Gasteiger charge is 2.18. The van der Waals surface area contributed by atoms with Crippen molar-refractivity contribution in [3.8, 4) is 5.75 Å². The van der Waals surface area contributed by atoms with E-state index in [1.807, 2.05) is 30.3 Å². The maximum absolute atomic E-state index is 6.13. The Kier molecular flexibility index (Phi) is 5.95. The van der Waals surface area contributed by atoms with E-state index in [1.165, 1.54) is 5.69 Å². The molecule has 0 aliphatic rings. The van der Waals surface area contributed by atoms with Crippen LogP contribution >= 0.6 is 0 Å². The number of aromatic nitrogens is 2. The van der Waals surface area contributed by atoms with Crippen LogP contribution in [0.4, 0.5) is 0 Å². The molecule has 2 aromatic carbocycles. The van der Waals surface area contributed by atoms with E-state index in [0.717, 1.165) is 44.5 Å². The van der Waals surface area contributed by atoms with Gasteiger partial charge in [-0.05, 0) is 24.6 Å². The number of halogens is 1. The minimum absolute atomic E-state index is 0. The number of rotatable bonds is 5. The zero-order valence-electron chi connectivity index (χ0n) is 16.8.